The van der Waals surface area contributed by atoms with E-state index in [9.17, 15) is 0 Å². The van der Waals surface area contributed by atoms with Gasteiger partial charge in [-0.15, -0.1) is 10.2 Å². The zero-order chi connectivity index (χ0) is 10.1. The number of nitrogen functional groups attached to an aromatic ring is 1. The normalized spacial score (nSPS) is 10.7. The molecule has 0 bridgehead atoms. The molecule has 0 spiro atoms. The minimum Gasteiger partial charge on any atom is -0.491 e. The lowest BCUT2D eigenvalue weighted by Crippen LogP contribution is -2.00. The summed E-state index contributed by atoms with van der Waals surface area (Å²) in [5.74, 6) is 0.878. The molecule has 0 saturated heterocycles. The van der Waals surface area contributed by atoms with Crippen LogP contribution in [0.1, 0.15) is 0 Å². The molecule has 2 heterocycles. The van der Waals surface area contributed by atoms with E-state index in [1.165, 1.54) is 11.8 Å². The molecule has 2 aromatic heterocycles. The number of nitrogens with zero attached hydrogens (tertiary/aromatic N) is 4. The third kappa shape index (κ3) is 1.17. The number of nitrogens with two attached hydrogens (primary N) is 1. The van der Waals surface area contributed by atoms with Gasteiger partial charge in [0.1, 0.15) is 0 Å². The van der Waals surface area contributed by atoms with Crippen LogP contribution in [-0.2, 0) is 0 Å². The number of hydrogen-bond donors (Lipinski definition) is 1. The summed E-state index contributed by atoms with van der Waals surface area (Å²) in [6, 6.07) is 0. The van der Waals surface area contributed by atoms with E-state index in [0.29, 0.717) is 17.3 Å². The van der Waals surface area contributed by atoms with Crippen molar-refractivity contribution in [2.75, 3.05) is 19.1 Å². The van der Waals surface area contributed by atoms with Gasteiger partial charge in [0.15, 0.2) is 10.9 Å². The van der Waals surface area contributed by atoms with Gasteiger partial charge in [-0.1, -0.05) is 11.8 Å². The Balaban J connectivity index is 2.81. The van der Waals surface area contributed by atoms with Crippen molar-refractivity contribution in [3.8, 4) is 5.75 Å². The number of anilines is 1. The molecule has 14 heavy (non-hydrogen) atoms. The van der Waals surface area contributed by atoms with Crippen molar-refractivity contribution in [1.82, 2.24) is 19.6 Å². The molecule has 0 aliphatic heterocycles. The molecule has 0 aliphatic carbocycles. The number of fused-ring (bicyclic) bond motifs is 1. The third-order valence-electron chi connectivity index (χ3n) is 1.79. The Bertz CT molecular complexity index is 468. The van der Waals surface area contributed by atoms with Crippen molar-refractivity contribution in [2.45, 2.75) is 5.16 Å². The number of aromatic nitrogens is 4. The fraction of sp³-hybridized carbons (Fsp3) is 0.286. The van der Waals surface area contributed by atoms with Crippen LogP contribution in [0, 0.1) is 0 Å². The van der Waals surface area contributed by atoms with Crippen LogP contribution < -0.4 is 10.5 Å². The second kappa shape index (κ2) is 3.33. The minimum absolute atomic E-state index is 0.316. The highest BCUT2D eigenvalue weighted by atomic mass is 32.2. The van der Waals surface area contributed by atoms with E-state index in [1.807, 2.05) is 6.26 Å². The smallest absolute Gasteiger partial charge is 0.228 e. The summed E-state index contributed by atoms with van der Waals surface area (Å²) in [4.78, 5) is 4.17. The van der Waals surface area contributed by atoms with Crippen molar-refractivity contribution in [3.63, 3.8) is 0 Å². The van der Waals surface area contributed by atoms with Gasteiger partial charge < -0.3 is 10.5 Å². The molecule has 0 aromatic carbocycles. The first kappa shape index (κ1) is 9.07. The predicted molar refractivity (Wildman–Crippen MR) is 53.5 cm³/mol. The second-order valence-corrected chi connectivity index (χ2v) is 3.30. The Morgan fingerprint density at radius 3 is 2.93 bits per heavy atom. The number of hydrogen-bond acceptors (Lipinski definition) is 6. The molecule has 0 aliphatic rings. The molecular weight excluding hydrogens is 202 g/mol. The lowest BCUT2D eigenvalue weighted by molar-refractivity contribution is 0.413. The van der Waals surface area contributed by atoms with Crippen molar-refractivity contribution in [3.05, 3.63) is 6.20 Å². The van der Waals surface area contributed by atoms with Gasteiger partial charge in [0.2, 0.25) is 11.6 Å². The standard InChI is InChI=1S/C7H9N5OS/c1-13-4-3-9-7(14-2)12-5(4)10-11-6(12)8/h3H,1-2H3,(H2,8,11). The molecule has 0 amide bonds. The van der Waals surface area contributed by atoms with Crippen molar-refractivity contribution >= 4 is 23.4 Å². The van der Waals surface area contributed by atoms with Crippen LogP contribution in [0.25, 0.3) is 5.65 Å². The van der Waals surface area contributed by atoms with Crippen LogP contribution in [0.15, 0.2) is 11.4 Å². The molecule has 0 radical (unpaired) electrons. The molecular formula is C7H9N5OS. The molecule has 6 nitrogen and oxygen atoms in total. The monoisotopic (exact) mass is 211 g/mol. The van der Waals surface area contributed by atoms with E-state index in [-0.39, 0.29) is 0 Å². The maximum absolute atomic E-state index is 5.66. The molecule has 0 fully saturated rings. The van der Waals surface area contributed by atoms with Crippen molar-refractivity contribution < 1.29 is 4.74 Å². The van der Waals surface area contributed by atoms with Gasteiger partial charge in [-0.25, -0.2) is 9.38 Å². The minimum atomic E-state index is 0.316. The maximum atomic E-state index is 5.66. The van der Waals surface area contributed by atoms with Gasteiger partial charge in [-0.2, -0.15) is 0 Å². The van der Waals surface area contributed by atoms with Crippen LogP contribution in [0.4, 0.5) is 5.95 Å². The average molecular weight is 211 g/mol. The second-order valence-electron chi connectivity index (χ2n) is 2.53. The zero-order valence-corrected chi connectivity index (χ0v) is 8.58. The Morgan fingerprint density at radius 1 is 1.50 bits per heavy atom. The van der Waals surface area contributed by atoms with E-state index in [2.05, 4.69) is 15.2 Å². The molecule has 7 heteroatoms. The Hall–Kier alpha value is -1.50. The fourth-order valence-electron chi connectivity index (χ4n) is 1.16. The SMILES string of the molecule is COc1cnc(SC)n2c(N)nnc12. The van der Waals surface area contributed by atoms with Crippen LogP contribution in [0.5, 0.6) is 5.75 Å². The topological polar surface area (TPSA) is 78.3 Å². The zero-order valence-electron chi connectivity index (χ0n) is 7.76. The Morgan fingerprint density at radius 2 is 2.29 bits per heavy atom. The quantitative estimate of drug-likeness (QED) is 0.573. The lowest BCUT2D eigenvalue weighted by Gasteiger charge is -2.04. The number of ether oxygens (including phenoxy) is 1. The van der Waals surface area contributed by atoms with Crippen LogP contribution in [-0.4, -0.2) is 32.9 Å². The summed E-state index contributed by atoms with van der Waals surface area (Å²) < 4.78 is 6.75. The van der Waals surface area contributed by atoms with E-state index >= 15 is 0 Å². The maximum Gasteiger partial charge on any atom is 0.228 e. The molecule has 74 valence electrons. The summed E-state index contributed by atoms with van der Waals surface area (Å²) in [7, 11) is 1.56. The molecule has 2 N–H and O–H groups in total. The van der Waals surface area contributed by atoms with Crippen LogP contribution >= 0.6 is 11.8 Å². The van der Waals surface area contributed by atoms with Crippen LogP contribution in [0.2, 0.25) is 0 Å². The fourth-order valence-corrected chi connectivity index (χ4v) is 1.68. The molecule has 2 rings (SSSR count). The summed E-state index contributed by atoms with van der Waals surface area (Å²) in [5.41, 5.74) is 6.24. The van der Waals surface area contributed by atoms with Gasteiger partial charge in [0, 0.05) is 0 Å². The lowest BCUT2D eigenvalue weighted by atomic mass is 10.5. The molecule has 0 atom stereocenters. The van der Waals surface area contributed by atoms with E-state index in [1.54, 1.807) is 17.7 Å². The highest BCUT2D eigenvalue weighted by Crippen LogP contribution is 2.23. The van der Waals surface area contributed by atoms with Gasteiger partial charge in [-0.05, 0) is 6.26 Å². The van der Waals surface area contributed by atoms with Crippen LogP contribution in [0.3, 0.4) is 0 Å². The van der Waals surface area contributed by atoms with E-state index < -0.39 is 0 Å². The average Bonchev–Trinajstić information content (AvgIpc) is 2.60. The van der Waals surface area contributed by atoms with E-state index in [4.69, 9.17) is 10.5 Å². The first-order chi connectivity index (χ1) is 6.77. The number of thioether (sulfide) groups is 1. The van der Waals surface area contributed by atoms with Gasteiger partial charge in [-0.3, -0.25) is 0 Å². The molecule has 0 saturated carbocycles. The van der Waals surface area contributed by atoms with Crippen molar-refractivity contribution in [2.24, 2.45) is 0 Å². The van der Waals surface area contributed by atoms with E-state index in [0.717, 1.165) is 5.16 Å². The van der Waals surface area contributed by atoms with Gasteiger partial charge in [0.25, 0.3) is 0 Å². The predicted octanol–water partition coefficient (Wildman–Crippen LogP) is 0.437. The third-order valence-corrected chi connectivity index (χ3v) is 2.45. The molecule has 0 unspecified atom stereocenters. The first-order valence-electron chi connectivity index (χ1n) is 3.85. The summed E-state index contributed by atoms with van der Waals surface area (Å²) >= 11 is 1.47. The first-order valence-corrected chi connectivity index (χ1v) is 5.08. The number of methoxy groups -OCH3 is 1. The van der Waals surface area contributed by atoms with Crippen molar-refractivity contribution in [1.29, 1.82) is 0 Å². The largest absolute Gasteiger partial charge is 0.491 e. The highest BCUT2D eigenvalue weighted by Gasteiger charge is 2.12. The molecule has 2 aromatic rings. The summed E-state index contributed by atoms with van der Waals surface area (Å²) in [6.07, 6.45) is 3.52. The van der Waals surface area contributed by atoms with Gasteiger partial charge in [0.05, 0.1) is 13.3 Å². The number of rotatable bonds is 2. The summed E-state index contributed by atoms with van der Waals surface area (Å²) in [5, 5.41) is 8.42. The highest BCUT2D eigenvalue weighted by molar-refractivity contribution is 7.98. The Labute approximate surface area is 84.5 Å². The van der Waals surface area contributed by atoms with Gasteiger partial charge >= 0.3 is 0 Å². The summed E-state index contributed by atoms with van der Waals surface area (Å²) in [6.45, 7) is 0. The Kier molecular flexibility index (Phi) is 2.16.